The lowest BCUT2D eigenvalue weighted by Gasteiger charge is -2.20. The molecule has 1 aromatic heterocycles. The number of carbonyl (C=O) groups excluding carboxylic acids is 1. The number of aliphatic carboxylic acids is 1. The number of ketones is 1. The Morgan fingerprint density at radius 1 is 0.854 bits per heavy atom. The van der Waals surface area contributed by atoms with Crippen LogP contribution in [0.2, 0.25) is 0 Å². The molecule has 1 saturated carbocycles. The molecular formula is C31H30N2O7S. The van der Waals surface area contributed by atoms with E-state index < -0.39 is 11.8 Å². The first kappa shape index (κ1) is 28.1. The van der Waals surface area contributed by atoms with Crippen LogP contribution in [0, 0.1) is 0 Å². The zero-order chi connectivity index (χ0) is 28.9. The summed E-state index contributed by atoms with van der Waals surface area (Å²) in [6.07, 6.45) is 4.20. The van der Waals surface area contributed by atoms with Crippen molar-refractivity contribution in [3.63, 3.8) is 0 Å². The first-order valence-electron chi connectivity index (χ1n) is 13.2. The quantitative estimate of drug-likeness (QED) is 0.170. The van der Waals surface area contributed by atoms with E-state index in [0.29, 0.717) is 50.7 Å². The van der Waals surface area contributed by atoms with E-state index in [1.807, 2.05) is 0 Å². The van der Waals surface area contributed by atoms with Gasteiger partial charge in [-0.2, -0.15) is 8.75 Å². The minimum absolute atomic E-state index is 0.00369. The van der Waals surface area contributed by atoms with Crippen molar-refractivity contribution in [3.05, 3.63) is 76.9 Å². The van der Waals surface area contributed by atoms with Gasteiger partial charge < -0.3 is 24.1 Å². The highest BCUT2D eigenvalue weighted by Crippen LogP contribution is 2.42. The van der Waals surface area contributed by atoms with Gasteiger partial charge in [0.15, 0.2) is 17.3 Å². The highest BCUT2D eigenvalue weighted by atomic mass is 32.1. The number of carboxylic acid groups (broad SMARTS) is 1. The maximum absolute atomic E-state index is 14.0. The molecule has 0 saturated heterocycles. The normalized spacial score (nSPS) is 14.0. The van der Waals surface area contributed by atoms with Crippen molar-refractivity contribution in [1.82, 2.24) is 8.75 Å². The monoisotopic (exact) mass is 574 g/mol. The predicted octanol–water partition coefficient (Wildman–Crippen LogP) is 6.00. The van der Waals surface area contributed by atoms with Crippen LogP contribution in [0.5, 0.6) is 23.0 Å². The Morgan fingerprint density at radius 3 is 2.10 bits per heavy atom. The van der Waals surface area contributed by atoms with Crippen LogP contribution in [0.25, 0.3) is 16.6 Å². The Morgan fingerprint density at radius 2 is 1.49 bits per heavy atom. The molecule has 0 amide bonds. The molecule has 41 heavy (non-hydrogen) atoms. The Labute approximate surface area is 241 Å². The summed E-state index contributed by atoms with van der Waals surface area (Å²) < 4.78 is 31.3. The minimum atomic E-state index is -1.23. The van der Waals surface area contributed by atoms with Crippen LogP contribution < -0.4 is 18.9 Å². The smallest absolute Gasteiger partial charge is 0.336 e. The lowest BCUT2D eigenvalue weighted by atomic mass is 9.89. The van der Waals surface area contributed by atoms with Gasteiger partial charge in [-0.05, 0) is 85.3 Å². The van der Waals surface area contributed by atoms with Crippen molar-refractivity contribution in [2.24, 2.45) is 0 Å². The summed E-state index contributed by atoms with van der Waals surface area (Å²) in [7, 11) is 4.62. The van der Waals surface area contributed by atoms with E-state index in [4.69, 9.17) is 18.9 Å². The van der Waals surface area contributed by atoms with Gasteiger partial charge in [-0.15, -0.1) is 0 Å². The highest BCUT2D eigenvalue weighted by molar-refractivity contribution is 7.00. The predicted molar refractivity (Wildman–Crippen MR) is 155 cm³/mol. The van der Waals surface area contributed by atoms with Gasteiger partial charge >= 0.3 is 5.97 Å². The molecule has 0 unspecified atom stereocenters. The van der Waals surface area contributed by atoms with Gasteiger partial charge in [-0.1, -0.05) is 6.07 Å². The SMILES string of the molecule is COc1ccc(C(=O)C(Cc2cc(OC)c(OC3CCCC3)c(OC)c2)=C(C(=O)O)c2ccc3nsnc3c2)cc1. The first-order chi connectivity index (χ1) is 19.9. The number of carboxylic acids is 1. The largest absolute Gasteiger partial charge is 0.497 e. The van der Waals surface area contributed by atoms with Crippen molar-refractivity contribution >= 4 is 40.1 Å². The second-order valence-electron chi connectivity index (χ2n) is 9.71. The van der Waals surface area contributed by atoms with Crippen LogP contribution in [-0.2, 0) is 11.2 Å². The number of hydrogen-bond acceptors (Lipinski definition) is 9. The van der Waals surface area contributed by atoms with E-state index in [-0.39, 0.29) is 23.7 Å². The van der Waals surface area contributed by atoms with E-state index >= 15 is 0 Å². The number of nitrogens with zero attached hydrogens (tertiary/aromatic N) is 2. The van der Waals surface area contributed by atoms with Crippen LogP contribution >= 0.6 is 11.7 Å². The molecule has 0 radical (unpaired) electrons. The van der Waals surface area contributed by atoms with Crippen LogP contribution in [0.3, 0.4) is 0 Å². The molecule has 1 fully saturated rings. The Bertz CT molecular complexity index is 1580. The molecule has 4 aromatic rings. The van der Waals surface area contributed by atoms with Crippen LogP contribution in [-0.4, -0.2) is 53.0 Å². The molecule has 0 atom stereocenters. The van der Waals surface area contributed by atoms with Crippen LogP contribution in [0.4, 0.5) is 0 Å². The summed E-state index contributed by atoms with van der Waals surface area (Å²) in [4.78, 5) is 26.8. The molecule has 10 heteroatoms. The molecule has 1 heterocycles. The molecule has 0 spiro atoms. The third kappa shape index (κ3) is 6.02. The molecule has 3 aromatic carbocycles. The lowest BCUT2D eigenvalue weighted by Crippen LogP contribution is -2.15. The molecular weight excluding hydrogens is 544 g/mol. The highest BCUT2D eigenvalue weighted by Gasteiger charge is 2.27. The maximum atomic E-state index is 14.0. The summed E-state index contributed by atoms with van der Waals surface area (Å²) in [5.41, 5.74) is 2.50. The van der Waals surface area contributed by atoms with Crippen molar-refractivity contribution in [1.29, 1.82) is 0 Å². The van der Waals surface area contributed by atoms with Crippen LogP contribution in [0.15, 0.2) is 60.2 Å². The molecule has 1 aliphatic rings. The summed E-state index contributed by atoms with van der Waals surface area (Å²) in [6.45, 7) is 0. The number of allylic oxidation sites excluding steroid dienone is 1. The van der Waals surface area contributed by atoms with Crippen molar-refractivity contribution in [2.45, 2.75) is 38.2 Å². The number of Topliss-reactive ketones (excluding diaryl/α,β-unsaturated/α-hetero) is 1. The first-order valence-corrected chi connectivity index (χ1v) is 13.9. The molecule has 212 valence electrons. The van der Waals surface area contributed by atoms with Gasteiger partial charge in [0.25, 0.3) is 0 Å². The van der Waals surface area contributed by atoms with Crippen molar-refractivity contribution in [3.8, 4) is 23.0 Å². The van der Waals surface area contributed by atoms with E-state index in [1.165, 1.54) is 7.11 Å². The third-order valence-electron chi connectivity index (χ3n) is 7.17. The van der Waals surface area contributed by atoms with E-state index in [9.17, 15) is 14.7 Å². The third-order valence-corrected chi connectivity index (χ3v) is 7.73. The Balaban J connectivity index is 1.64. The molecule has 9 nitrogen and oxygen atoms in total. The average Bonchev–Trinajstić information content (AvgIpc) is 3.69. The van der Waals surface area contributed by atoms with E-state index in [2.05, 4.69) is 8.75 Å². The molecule has 1 N–H and O–H groups in total. The van der Waals surface area contributed by atoms with Gasteiger partial charge in [0.1, 0.15) is 16.8 Å². The molecule has 0 aliphatic heterocycles. The number of methoxy groups -OCH3 is 3. The Kier molecular flexibility index (Phi) is 8.49. The van der Waals surface area contributed by atoms with Crippen LogP contribution in [0.1, 0.15) is 47.2 Å². The number of hydrogen-bond donors (Lipinski definition) is 1. The summed E-state index contributed by atoms with van der Waals surface area (Å²) >= 11 is 1.04. The number of ether oxygens (including phenoxy) is 4. The van der Waals surface area contributed by atoms with Gasteiger partial charge in [0.2, 0.25) is 5.75 Å². The Hall–Kier alpha value is -4.44. The minimum Gasteiger partial charge on any atom is -0.497 e. The lowest BCUT2D eigenvalue weighted by molar-refractivity contribution is -0.130. The maximum Gasteiger partial charge on any atom is 0.336 e. The second kappa shape index (κ2) is 12.4. The molecule has 0 bridgehead atoms. The fraction of sp³-hybridized carbons (Fsp3) is 0.290. The standard InChI is InChI=1S/C31H30N2O7S/c1-37-21-11-8-19(9-12-21)29(34)23(28(31(35)36)20-10-13-24-25(17-20)33-41-32-24)14-18-15-26(38-2)30(27(16-18)39-3)40-22-6-4-5-7-22/h8-13,15-17,22H,4-7,14H2,1-3H3,(H,35,36). The number of carbonyl (C=O) groups is 2. The van der Waals surface area contributed by atoms with Crippen molar-refractivity contribution < 1.29 is 33.6 Å². The number of fused-ring (bicyclic) bond motifs is 1. The number of benzene rings is 3. The molecule has 1 aliphatic carbocycles. The number of rotatable bonds is 11. The van der Waals surface area contributed by atoms with Gasteiger partial charge in [0.05, 0.1) is 44.7 Å². The second-order valence-corrected chi connectivity index (χ2v) is 10.2. The van der Waals surface area contributed by atoms with Gasteiger partial charge in [-0.3, -0.25) is 4.79 Å². The average molecular weight is 575 g/mol. The summed E-state index contributed by atoms with van der Waals surface area (Å²) in [5.74, 6) is 0.330. The van der Waals surface area contributed by atoms with Crippen molar-refractivity contribution in [2.75, 3.05) is 21.3 Å². The number of aromatic nitrogens is 2. The topological polar surface area (TPSA) is 117 Å². The molecule has 5 rings (SSSR count). The van der Waals surface area contributed by atoms with Gasteiger partial charge in [0, 0.05) is 17.6 Å². The van der Waals surface area contributed by atoms with Gasteiger partial charge in [-0.25, -0.2) is 4.79 Å². The van der Waals surface area contributed by atoms with E-state index in [0.717, 1.165) is 37.4 Å². The fourth-order valence-electron chi connectivity index (χ4n) is 5.09. The summed E-state index contributed by atoms with van der Waals surface area (Å²) in [5, 5.41) is 10.4. The van der Waals surface area contributed by atoms with E-state index in [1.54, 1.807) is 68.8 Å². The fourth-order valence-corrected chi connectivity index (χ4v) is 5.61. The zero-order valence-electron chi connectivity index (χ0n) is 23.0. The zero-order valence-corrected chi connectivity index (χ0v) is 23.8. The summed E-state index contributed by atoms with van der Waals surface area (Å²) in [6, 6.07) is 15.1.